The van der Waals surface area contributed by atoms with Gasteiger partial charge in [-0.25, -0.2) is 0 Å². The summed E-state index contributed by atoms with van der Waals surface area (Å²) in [6, 6.07) is 20.0. The van der Waals surface area contributed by atoms with E-state index >= 15 is 0 Å². The van der Waals surface area contributed by atoms with E-state index in [1.807, 2.05) is 69.3 Å². The van der Waals surface area contributed by atoms with Crippen molar-refractivity contribution in [3.8, 4) is 0 Å². The van der Waals surface area contributed by atoms with Gasteiger partial charge in [0, 0.05) is 11.0 Å². The Morgan fingerprint density at radius 2 is 1.62 bits per heavy atom. The summed E-state index contributed by atoms with van der Waals surface area (Å²) in [5.74, 6) is -0.170. The van der Waals surface area contributed by atoms with Gasteiger partial charge in [0.25, 0.3) is 0 Å². The van der Waals surface area contributed by atoms with Crippen molar-refractivity contribution in [2.45, 2.75) is 45.0 Å². The maximum atomic E-state index is 12.7. The molecule has 136 valence electrons. The summed E-state index contributed by atoms with van der Waals surface area (Å²) in [6.07, 6.45) is 2.08. The van der Waals surface area contributed by atoms with Crippen LogP contribution in [0.5, 0.6) is 0 Å². The van der Waals surface area contributed by atoms with Crippen LogP contribution in [0.15, 0.2) is 65.1 Å². The highest BCUT2D eigenvalue weighted by molar-refractivity contribution is 9.11. The molecule has 1 aliphatic rings. The second-order valence-electron chi connectivity index (χ2n) is 7.52. The zero-order valence-corrected chi connectivity index (χ0v) is 16.9. The van der Waals surface area contributed by atoms with Crippen LogP contribution >= 0.6 is 15.9 Å². The van der Waals surface area contributed by atoms with E-state index in [2.05, 4.69) is 39.0 Å². The number of ether oxygens (including phenoxy) is 1. The SMILES string of the molecule is CC(C)(C)OC(=O)[C@H]1[C@@H](/C(Br)=C/c2ccccc2)N1Cc1ccccc1. The van der Waals surface area contributed by atoms with Crippen LogP contribution in [-0.4, -0.2) is 28.6 Å². The molecule has 0 amide bonds. The molecule has 4 heteroatoms. The number of hydrogen-bond acceptors (Lipinski definition) is 3. The standard InChI is InChI=1S/C22H24BrNO2/c1-22(2,3)26-21(25)20-19(18(23)14-16-10-6-4-7-11-16)24(20)15-17-12-8-5-9-13-17/h4-14,19-20H,15H2,1-3H3/b18-14-/t19-,20-,24?/m1/s1. The van der Waals surface area contributed by atoms with E-state index in [0.717, 1.165) is 10.0 Å². The predicted molar refractivity (Wildman–Crippen MR) is 109 cm³/mol. The molecule has 1 aliphatic heterocycles. The van der Waals surface area contributed by atoms with E-state index in [4.69, 9.17) is 4.74 Å². The fourth-order valence-corrected chi connectivity index (χ4v) is 3.77. The van der Waals surface area contributed by atoms with Crippen LogP contribution in [0.3, 0.4) is 0 Å². The fourth-order valence-electron chi connectivity index (χ4n) is 3.00. The molecule has 0 bridgehead atoms. The van der Waals surface area contributed by atoms with E-state index in [0.29, 0.717) is 6.54 Å². The number of benzene rings is 2. The number of halogens is 1. The van der Waals surface area contributed by atoms with Gasteiger partial charge in [-0.3, -0.25) is 9.69 Å². The molecule has 1 heterocycles. The Morgan fingerprint density at radius 1 is 1.04 bits per heavy atom. The Labute approximate surface area is 163 Å². The molecule has 3 rings (SSSR count). The van der Waals surface area contributed by atoms with Crippen LogP contribution in [-0.2, 0) is 16.1 Å². The second kappa shape index (κ2) is 7.77. The summed E-state index contributed by atoms with van der Waals surface area (Å²) in [6.45, 7) is 6.42. The largest absolute Gasteiger partial charge is 0.459 e. The molecule has 1 fully saturated rings. The summed E-state index contributed by atoms with van der Waals surface area (Å²) in [4.78, 5) is 14.8. The highest BCUT2D eigenvalue weighted by atomic mass is 79.9. The molecule has 1 unspecified atom stereocenters. The van der Waals surface area contributed by atoms with Gasteiger partial charge in [-0.05, 0) is 38.0 Å². The third-order valence-corrected chi connectivity index (χ3v) is 4.86. The molecule has 2 aromatic carbocycles. The smallest absolute Gasteiger partial charge is 0.325 e. The zero-order valence-electron chi connectivity index (χ0n) is 15.4. The van der Waals surface area contributed by atoms with Crippen molar-refractivity contribution in [1.82, 2.24) is 4.90 Å². The topological polar surface area (TPSA) is 29.3 Å². The van der Waals surface area contributed by atoms with Crippen molar-refractivity contribution < 1.29 is 9.53 Å². The van der Waals surface area contributed by atoms with E-state index in [1.54, 1.807) is 0 Å². The van der Waals surface area contributed by atoms with Crippen LogP contribution in [0.1, 0.15) is 31.9 Å². The van der Waals surface area contributed by atoms with Crippen molar-refractivity contribution in [1.29, 1.82) is 0 Å². The third-order valence-electron chi connectivity index (χ3n) is 4.17. The first-order valence-corrected chi connectivity index (χ1v) is 9.59. The molecule has 0 aliphatic carbocycles. The molecule has 0 N–H and O–H groups in total. The van der Waals surface area contributed by atoms with E-state index < -0.39 is 5.60 Å². The van der Waals surface area contributed by atoms with E-state index in [-0.39, 0.29) is 18.1 Å². The van der Waals surface area contributed by atoms with Gasteiger partial charge in [0.05, 0.1) is 6.04 Å². The summed E-state index contributed by atoms with van der Waals surface area (Å²) in [5, 5.41) is 0. The number of rotatable bonds is 5. The van der Waals surface area contributed by atoms with Gasteiger partial charge >= 0.3 is 5.97 Å². The minimum Gasteiger partial charge on any atom is -0.459 e. The lowest BCUT2D eigenvalue weighted by Gasteiger charge is -2.19. The Bertz CT molecular complexity index is 781. The summed E-state index contributed by atoms with van der Waals surface area (Å²) >= 11 is 3.70. The molecule has 3 nitrogen and oxygen atoms in total. The van der Waals surface area contributed by atoms with Crippen LogP contribution in [0, 0.1) is 0 Å². The summed E-state index contributed by atoms with van der Waals surface area (Å²) in [7, 11) is 0. The normalized spacial score (nSPS) is 22.8. The van der Waals surface area contributed by atoms with Crippen molar-refractivity contribution in [2.75, 3.05) is 0 Å². The monoisotopic (exact) mass is 413 g/mol. The number of carbonyl (C=O) groups excluding carboxylic acids is 1. The van der Waals surface area contributed by atoms with Gasteiger partial charge in [-0.15, -0.1) is 0 Å². The summed E-state index contributed by atoms with van der Waals surface area (Å²) < 4.78 is 6.63. The minimum atomic E-state index is -0.488. The Hall–Kier alpha value is -1.91. The van der Waals surface area contributed by atoms with E-state index in [9.17, 15) is 4.79 Å². The highest BCUT2D eigenvalue weighted by Crippen LogP contribution is 2.40. The average molecular weight is 414 g/mol. The molecule has 0 aromatic heterocycles. The first-order valence-electron chi connectivity index (χ1n) is 8.80. The van der Waals surface area contributed by atoms with Crippen LogP contribution in [0.4, 0.5) is 0 Å². The second-order valence-corrected chi connectivity index (χ2v) is 8.44. The molecule has 26 heavy (non-hydrogen) atoms. The maximum absolute atomic E-state index is 12.7. The molecule has 0 spiro atoms. The van der Waals surface area contributed by atoms with Gasteiger partial charge in [0.2, 0.25) is 0 Å². The number of nitrogens with zero attached hydrogens (tertiary/aromatic N) is 1. The number of carbonyl (C=O) groups is 1. The Morgan fingerprint density at radius 3 is 2.19 bits per heavy atom. The maximum Gasteiger partial charge on any atom is 0.325 e. The van der Waals surface area contributed by atoms with Crippen LogP contribution in [0.2, 0.25) is 0 Å². The predicted octanol–water partition coefficient (Wildman–Crippen LogP) is 5.02. The van der Waals surface area contributed by atoms with Crippen LogP contribution in [0.25, 0.3) is 6.08 Å². The summed E-state index contributed by atoms with van der Waals surface area (Å²) in [5.41, 5.74) is 1.80. The first-order chi connectivity index (χ1) is 12.3. The lowest BCUT2D eigenvalue weighted by Crippen LogP contribution is -2.28. The van der Waals surface area contributed by atoms with Crippen molar-refractivity contribution in [3.05, 3.63) is 76.3 Å². The van der Waals surface area contributed by atoms with Gasteiger partial charge in [0.1, 0.15) is 11.6 Å². The lowest BCUT2D eigenvalue weighted by molar-refractivity contribution is -0.155. The molecule has 0 saturated carbocycles. The molecule has 0 radical (unpaired) electrons. The van der Waals surface area contributed by atoms with Crippen molar-refractivity contribution in [2.24, 2.45) is 0 Å². The Balaban J connectivity index is 1.80. The molecular weight excluding hydrogens is 390 g/mol. The number of esters is 1. The molecule has 2 aromatic rings. The lowest BCUT2D eigenvalue weighted by atomic mass is 10.1. The Kier molecular flexibility index (Phi) is 5.64. The van der Waals surface area contributed by atoms with Gasteiger partial charge in [0.15, 0.2) is 0 Å². The number of hydrogen-bond donors (Lipinski definition) is 0. The zero-order chi connectivity index (χ0) is 18.7. The van der Waals surface area contributed by atoms with Gasteiger partial charge in [-0.2, -0.15) is 0 Å². The average Bonchev–Trinajstić information content (AvgIpc) is 3.29. The van der Waals surface area contributed by atoms with Crippen molar-refractivity contribution >= 4 is 28.0 Å². The first kappa shape index (κ1) is 18.9. The molecular formula is C22H24BrNO2. The molecule has 3 atom stereocenters. The quantitative estimate of drug-likeness (QED) is 0.509. The third kappa shape index (κ3) is 4.83. The van der Waals surface area contributed by atoms with Gasteiger partial charge in [-0.1, -0.05) is 76.6 Å². The fraction of sp³-hybridized carbons (Fsp3) is 0.318. The van der Waals surface area contributed by atoms with Crippen molar-refractivity contribution in [3.63, 3.8) is 0 Å². The van der Waals surface area contributed by atoms with Crippen LogP contribution < -0.4 is 0 Å². The minimum absolute atomic E-state index is 0.00487. The molecule has 1 saturated heterocycles. The van der Waals surface area contributed by atoms with Gasteiger partial charge < -0.3 is 4.74 Å². The van der Waals surface area contributed by atoms with E-state index in [1.165, 1.54) is 5.56 Å². The highest BCUT2D eigenvalue weighted by Gasteiger charge is 2.55.